The molecule has 0 saturated heterocycles. The van der Waals surface area contributed by atoms with Gasteiger partial charge in [0, 0.05) is 18.1 Å². The zero-order chi connectivity index (χ0) is 15.1. The molecule has 0 heterocycles. The maximum Gasteiger partial charge on any atom is 0.315 e. The Hall–Kier alpha value is -2.07. The molecule has 0 fully saturated rings. The molecule has 2 aromatic rings. The van der Waals surface area contributed by atoms with Gasteiger partial charge in [0.25, 0.3) is 0 Å². The van der Waals surface area contributed by atoms with Crippen molar-refractivity contribution in [1.82, 2.24) is 10.6 Å². The summed E-state index contributed by atoms with van der Waals surface area (Å²) in [6, 6.07) is 13.3. The minimum Gasteiger partial charge on any atom is -0.338 e. The van der Waals surface area contributed by atoms with E-state index in [1.165, 1.54) is 12.1 Å². The van der Waals surface area contributed by atoms with E-state index in [9.17, 15) is 9.18 Å². The van der Waals surface area contributed by atoms with Gasteiger partial charge < -0.3 is 10.6 Å². The minimum atomic E-state index is -0.286. The van der Waals surface area contributed by atoms with Crippen LogP contribution in [-0.2, 0) is 13.0 Å². The van der Waals surface area contributed by atoms with Crippen LogP contribution in [0.15, 0.2) is 48.5 Å². The number of nitrogens with one attached hydrogen (secondary N) is 2. The van der Waals surface area contributed by atoms with E-state index in [1.54, 1.807) is 12.1 Å². The van der Waals surface area contributed by atoms with E-state index in [1.807, 2.05) is 24.3 Å². The van der Waals surface area contributed by atoms with Gasteiger partial charge in [-0.3, -0.25) is 0 Å². The molecule has 2 N–H and O–H groups in total. The number of halogens is 2. The fourth-order valence-corrected chi connectivity index (χ4v) is 1.94. The van der Waals surface area contributed by atoms with Crippen LogP contribution >= 0.6 is 11.6 Å². The summed E-state index contributed by atoms with van der Waals surface area (Å²) < 4.78 is 12.7. The monoisotopic (exact) mass is 306 g/mol. The zero-order valence-electron chi connectivity index (χ0n) is 11.4. The van der Waals surface area contributed by atoms with Gasteiger partial charge in [-0.05, 0) is 41.8 Å². The molecule has 0 radical (unpaired) electrons. The van der Waals surface area contributed by atoms with Crippen LogP contribution in [0.2, 0.25) is 5.02 Å². The van der Waals surface area contributed by atoms with Crippen molar-refractivity contribution in [2.24, 2.45) is 0 Å². The summed E-state index contributed by atoms with van der Waals surface area (Å²) in [6.45, 7) is 0.907. The predicted molar refractivity (Wildman–Crippen MR) is 81.8 cm³/mol. The van der Waals surface area contributed by atoms with Gasteiger partial charge in [0.2, 0.25) is 0 Å². The quantitative estimate of drug-likeness (QED) is 0.872. The lowest BCUT2D eigenvalue weighted by molar-refractivity contribution is 0.240. The summed E-state index contributed by atoms with van der Waals surface area (Å²) >= 11 is 5.80. The van der Waals surface area contributed by atoms with Crippen molar-refractivity contribution < 1.29 is 9.18 Å². The fourth-order valence-electron chi connectivity index (χ4n) is 1.82. The number of rotatable bonds is 5. The second-order valence-corrected chi connectivity index (χ2v) is 5.05. The van der Waals surface area contributed by atoms with E-state index in [0.29, 0.717) is 18.1 Å². The van der Waals surface area contributed by atoms with Crippen molar-refractivity contribution in [1.29, 1.82) is 0 Å². The molecule has 0 aliphatic rings. The lowest BCUT2D eigenvalue weighted by Gasteiger charge is -2.08. The van der Waals surface area contributed by atoms with Crippen molar-refractivity contribution in [3.8, 4) is 0 Å². The number of carbonyl (C=O) groups is 1. The first-order valence-corrected chi connectivity index (χ1v) is 7.02. The second kappa shape index (κ2) is 7.64. The summed E-state index contributed by atoms with van der Waals surface area (Å²) in [5, 5.41) is 6.19. The van der Waals surface area contributed by atoms with Crippen LogP contribution in [0.3, 0.4) is 0 Å². The Bertz CT molecular complexity index is 584. The van der Waals surface area contributed by atoms with E-state index in [2.05, 4.69) is 10.6 Å². The molecule has 5 heteroatoms. The van der Waals surface area contributed by atoms with E-state index in [-0.39, 0.29) is 11.8 Å². The van der Waals surface area contributed by atoms with Gasteiger partial charge in [0.1, 0.15) is 5.82 Å². The van der Waals surface area contributed by atoms with Crippen LogP contribution in [0.1, 0.15) is 11.1 Å². The fraction of sp³-hybridized carbons (Fsp3) is 0.188. The Labute approximate surface area is 128 Å². The summed E-state index contributed by atoms with van der Waals surface area (Å²) in [4.78, 5) is 11.6. The van der Waals surface area contributed by atoms with Crippen LogP contribution < -0.4 is 10.6 Å². The number of amides is 2. The first-order chi connectivity index (χ1) is 10.1. The maximum absolute atomic E-state index is 12.7. The Morgan fingerprint density at radius 1 is 0.952 bits per heavy atom. The van der Waals surface area contributed by atoms with Gasteiger partial charge in [-0.25, -0.2) is 9.18 Å². The molecule has 2 rings (SSSR count). The molecular formula is C16H16ClFN2O. The molecule has 0 aromatic heterocycles. The normalized spacial score (nSPS) is 10.2. The number of urea groups is 1. The summed E-state index contributed by atoms with van der Waals surface area (Å²) in [7, 11) is 0. The summed E-state index contributed by atoms with van der Waals surface area (Å²) in [6.07, 6.45) is 0.737. The van der Waals surface area contributed by atoms with E-state index >= 15 is 0 Å². The zero-order valence-corrected chi connectivity index (χ0v) is 12.2. The third kappa shape index (κ3) is 5.44. The smallest absolute Gasteiger partial charge is 0.315 e. The molecule has 0 bridgehead atoms. The molecule has 0 aliphatic carbocycles. The highest BCUT2D eigenvalue weighted by Crippen LogP contribution is 2.09. The standard InChI is InChI=1S/C16H16ClFN2O/c17-14-5-1-12(2-6-14)9-10-19-16(21)20-11-13-3-7-15(18)8-4-13/h1-8H,9-11H2,(H2,19,20,21). The van der Waals surface area contributed by atoms with Crippen molar-refractivity contribution in [2.45, 2.75) is 13.0 Å². The molecule has 110 valence electrons. The first-order valence-electron chi connectivity index (χ1n) is 6.64. The Kier molecular flexibility index (Phi) is 5.58. The average molecular weight is 307 g/mol. The Morgan fingerprint density at radius 2 is 1.57 bits per heavy atom. The van der Waals surface area contributed by atoms with Gasteiger partial charge in [0.05, 0.1) is 0 Å². The van der Waals surface area contributed by atoms with E-state index in [4.69, 9.17) is 11.6 Å². The molecule has 2 aromatic carbocycles. The maximum atomic E-state index is 12.7. The van der Waals surface area contributed by atoms with Crippen molar-refractivity contribution in [3.63, 3.8) is 0 Å². The minimum absolute atomic E-state index is 0.242. The van der Waals surface area contributed by atoms with Gasteiger partial charge in [-0.2, -0.15) is 0 Å². The lowest BCUT2D eigenvalue weighted by atomic mass is 10.1. The van der Waals surface area contributed by atoms with Crippen LogP contribution in [0, 0.1) is 5.82 Å². The first kappa shape index (κ1) is 15.3. The molecule has 3 nitrogen and oxygen atoms in total. The second-order valence-electron chi connectivity index (χ2n) is 4.61. The third-order valence-electron chi connectivity index (χ3n) is 2.98. The van der Waals surface area contributed by atoms with Crippen molar-refractivity contribution in [3.05, 3.63) is 70.5 Å². The number of benzene rings is 2. The average Bonchev–Trinajstić information content (AvgIpc) is 2.49. The van der Waals surface area contributed by atoms with Crippen LogP contribution in [0.4, 0.5) is 9.18 Å². The van der Waals surface area contributed by atoms with Gasteiger partial charge >= 0.3 is 6.03 Å². The summed E-state index contributed by atoms with van der Waals surface area (Å²) in [5.41, 5.74) is 1.96. The predicted octanol–water partition coefficient (Wildman–Crippen LogP) is 3.52. The van der Waals surface area contributed by atoms with Crippen molar-refractivity contribution in [2.75, 3.05) is 6.54 Å². The van der Waals surface area contributed by atoms with Crippen LogP contribution in [-0.4, -0.2) is 12.6 Å². The highest BCUT2D eigenvalue weighted by Gasteiger charge is 2.01. The van der Waals surface area contributed by atoms with E-state index < -0.39 is 0 Å². The lowest BCUT2D eigenvalue weighted by Crippen LogP contribution is -2.36. The number of hydrogen-bond donors (Lipinski definition) is 2. The molecule has 0 atom stereocenters. The van der Waals surface area contributed by atoms with Crippen molar-refractivity contribution >= 4 is 17.6 Å². The van der Waals surface area contributed by atoms with Gasteiger partial charge in [-0.1, -0.05) is 35.9 Å². The van der Waals surface area contributed by atoms with Crippen LogP contribution in [0.25, 0.3) is 0 Å². The molecule has 0 saturated carbocycles. The number of hydrogen-bond acceptors (Lipinski definition) is 1. The molecule has 21 heavy (non-hydrogen) atoms. The highest BCUT2D eigenvalue weighted by atomic mass is 35.5. The van der Waals surface area contributed by atoms with Crippen LogP contribution in [0.5, 0.6) is 0 Å². The van der Waals surface area contributed by atoms with E-state index in [0.717, 1.165) is 17.5 Å². The third-order valence-corrected chi connectivity index (χ3v) is 3.23. The largest absolute Gasteiger partial charge is 0.338 e. The SMILES string of the molecule is O=C(NCCc1ccc(Cl)cc1)NCc1ccc(F)cc1. The Morgan fingerprint density at radius 3 is 2.24 bits per heavy atom. The Balaban J connectivity index is 1.67. The topological polar surface area (TPSA) is 41.1 Å². The molecule has 2 amide bonds. The molecule has 0 spiro atoms. The molecule has 0 unspecified atom stereocenters. The van der Waals surface area contributed by atoms with Gasteiger partial charge in [0.15, 0.2) is 0 Å². The summed E-state index contributed by atoms with van der Waals surface area (Å²) in [5.74, 6) is -0.286. The number of carbonyl (C=O) groups excluding carboxylic acids is 1. The van der Waals surface area contributed by atoms with Gasteiger partial charge in [-0.15, -0.1) is 0 Å². The molecule has 0 aliphatic heterocycles. The molecular weight excluding hydrogens is 291 g/mol. The highest BCUT2D eigenvalue weighted by molar-refractivity contribution is 6.30.